The van der Waals surface area contributed by atoms with Gasteiger partial charge in [0.25, 0.3) is 0 Å². The van der Waals surface area contributed by atoms with Gasteiger partial charge in [-0.3, -0.25) is 0 Å². The van der Waals surface area contributed by atoms with Gasteiger partial charge in [-0.2, -0.15) is 0 Å². The topological polar surface area (TPSA) is 26.0 Å². The first-order valence-electron chi connectivity index (χ1n) is 6.22. The summed E-state index contributed by atoms with van der Waals surface area (Å²) in [4.78, 5) is 1.18. The second-order valence-electron chi connectivity index (χ2n) is 5.41. The van der Waals surface area contributed by atoms with Crippen LogP contribution in [-0.2, 0) is 0 Å². The Labute approximate surface area is 106 Å². The number of thiophene rings is 1. The molecule has 0 aromatic carbocycles. The molecule has 1 aromatic rings. The molecule has 2 N–H and O–H groups in total. The summed E-state index contributed by atoms with van der Waals surface area (Å²) < 4.78 is 0. The lowest BCUT2D eigenvalue weighted by Crippen LogP contribution is -2.18. The predicted molar refractivity (Wildman–Crippen MR) is 69.8 cm³/mol. The predicted octanol–water partition coefficient (Wildman–Crippen LogP) is 4.23. The van der Waals surface area contributed by atoms with Crippen molar-refractivity contribution in [3.63, 3.8) is 0 Å². The Morgan fingerprint density at radius 1 is 1.44 bits per heavy atom. The molecule has 0 spiro atoms. The third-order valence-electron chi connectivity index (χ3n) is 4.42. The second-order valence-corrected chi connectivity index (χ2v) is 6.76. The Morgan fingerprint density at radius 2 is 2.31 bits per heavy atom. The van der Waals surface area contributed by atoms with E-state index in [0.717, 1.165) is 29.2 Å². The highest BCUT2D eigenvalue weighted by molar-refractivity contribution is 7.10. The van der Waals surface area contributed by atoms with Crippen LogP contribution in [0.3, 0.4) is 0 Å². The van der Waals surface area contributed by atoms with Gasteiger partial charge in [-0.25, -0.2) is 0 Å². The summed E-state index contributed by atoms with van der Waals surface area (Å²) in [6.07, 6.45) is 6.94. The molecule has 4 atom stereocenters. The minimum atomic E-state index is 0.164. The van der Waals surface area contributed by atoms with E-state index in [1.807, 2.05) is 11.4 Å². The van der Waals surface area contributed by atoms with Crippen LogP contribution in [0.25, 0.3) is 0 Å². The van der Waals surface area contributed by atoms with E-state index in [1.54, 1.807) is 11.3 Å². The molecule has 0 amide bonds. The van der Waals surface area contributed by atoms with E-state index < -0.39 is 0 Å². The zero-order chi connectivity index (χ0) is 11.1. The molecule has 4 unspecified atom stereocenters. The normalized spacial score (nSPS) is 34.5. The first-order chi connectivity index (χ1) is 7.74. The van der Waals surface area contributed by atoms with E-state index in [4.69, 9.17) is 17.3 Å². The Hall–Kier alpha value is -0.0500. The molecule has 0 radical (unpaired) electrons. The van der Waals surface area contributed by atoms with Gasteiger partial charge < -0.3 is 5.73 Å². The van der Waals surface area contributed by atoms with Gasteiger partial charge in [-0.1, -0.05) is 18.0 Å². The van der Waals surface area contributed by atoms with Crippen LogP contribution in [-0.4, -0.2) is 0 Å². The molecule has 2 aliphatic carbocycles. The SMILES string of the molecule is NC(CC1CC2CCC1C2)c1sccc1Cl. The van der Waals surface area contributed by atoms with Crippen LogP contribution in [0.2, 0.25) is 5.02 Å². The van der Waals surface area contributed by atoms with Gasteiger partial charge in [0.15, 0.2) is 0 Å². The highest BCUT2D eigenvalue weighted by Gasteiger charge is 2.40. The Bertz CT molecular complexity index is 376. The summed E-state index contributed by atoms with van der Waals surface area (Å²) in [7, 11) is 0. The summed E-state index contributed by atoms with van der Waals surface area (Å²) in [5, 5.41) is 2.90. The third-order valence-corrected chi connectivity index (χ3v) is 5.91. The summed E-state index contributed by atoms with van der Waals surface area (Å²) in [5.74, 6) is 2.85. The maximum absolute atomic E-state index is 6.28. The van der Waals surface area contributed by atoms with Crippen molar-refractivity contribution in [3.05, 3.63) is 21.3 Å². The van der Waals surface area contributed by atoms with Crippen LogP contribution in [0.15, 0.2) is 11.4 Å². The van der Waals surface area contributed by atoms with E-state index in [0.29, 0.717) is 0 Å². The lowest BCUT2D eigenvalue weighted by Gasteiger charge is -2.24. The van der Waals surface area contributed by atoms with Crippen LogP contribution in [0.5, 0.6) is 0 Å². The second kappa shape index (κ2) is 4.32. The summed E-state index contributed by atoms with van der Waals surface area (Å²) in [6, 6.07) is 2.12. The van der Waals surface area contributed by atoms with E-state index >= 15 is 0 Å². The number of halogens is 1. The smallest absolute Gasteiger partial charge is 0.0561 e. The minimum absolute atomic E-state index is 0.164. The van der Waals surface area contributed by atoms with Gasteiger partial charge in [-0.15, -0.1) is 11.3 Å². The quantitative estimate of drug-likeness (QED) is 0.860. The molecule has 1 heterocycles. The molecule has 0 saturated heterocycles. The van der Waals surface area contributed by atoms with Crippen LogP contribution < -0.4 is 5.73 Å². The Kier molecular flexibility index (Phi) is 2.99. The minimum Gasteiger partial charge on any atom is -0.323 e. The summed E-state index contributed by atoms with van der Waals surface area (Å²) in [6.45, 7) is 0. The monoisotopic (exact) mass is 255 g/mol. The Balaban J connectivity index is 1.65. The van der Waals surface area contributed by atoms with Gasteiger partial charge in [-0.05, 0) is 54.9 Å². The van der Waals surface area contributed by atoms with E-state index in [-0.39, 0.29) is 6.04 Å². The average molecular weight is 256 g/mol. The first-order valence-corrected chi connectivity index (χ1v) is 7.48. The highest BCUT2D eigenvalue weighted by Crippen LogP contribution is 2.51. The van der Waals surface area contributed by atoms with E-state index in [9.17, 15) is 0 Å². The average Bonchev–Trinajstić information content (AvgIpc) is 2.92. The van der Waals surface area contributed by atoms with Crippen molar-refractivity contribution in [1.82, 2.24) is 0 Å². The number of hydrogen-bond acceptors (Lipinski definition) is 2. The van der Waals surface area contributed by atoms with E-state index in [1.165, 1.54) is 30.6 Å². The van der Waals surface area contributed by atoms with Gasteiger partial charge >= 0.3 is 0 Å². The fourth-order valence-electron chi connectivity index (χ4n) is 3.67. The van der Waals surface area contributed by atoms with Crippen LogP contribution in [0, 0.1) is 17.8 Å². The molecule has 3 rings (SSSR count). The fraction of sp³-hybridized carbons (Fsp3) is 0.692. The van der Waals surface area contributed by atoms with Crippen LogP contribution in [0.1, 0.15) is 43.0 Å². The van der Waals surface area contributed by atoms with Crippen LogP contribution >= 0.6 is 22.9 Å². The molecule has 2 fully saturated rings. The molecule has 1 aromatic heterocycles. The van der Waals surface area contributed by atoms with Crippen molar-refractivity contribution < 1.29 is 0 Å². The third kappa shape index (κ3) is 1.92. The van der Waals surface area contributed by atoms with Gasteiger partial charge in [0.1, 0.15) is 0 Å². The van der Waals surface area contributed by atoms with Crippen LogP contribution in [0.4, 0.5) is 0 Å². The van der Waals surface area contributed by atoms with Gasteiger partial charge in [0, 0.05) is 10.9 Å². The fourth-order valence-corrected chi connectivity index (χ4v) is 4.88. The molecule has 2 saturated carbocycles. The number of hydrogen-bond donors (Lipinski definition) is 1. The molecule has 3 heteroatoms. The molecular formula is C13H18ClNS. The maximum Gasteiger partial charge on any atom is 0.0561 e. The summed E-state index contributed by atoms with van der Waals surface area (Å²) in [5.41, 5.74) is 6.28. The zero-order valence-corrected chi connectivity index (χ0v) is 10.9. The maximum atomic E-state index is 6.28. The van der Waals surface area contributed by atoms with Crippen molar-refractivity contribution in [3.8, 4) is 0 Å². The largest absolute Gasteiger partial charge is 0.323 e. The van der Waals surface area contributed by atoms with E-state index in [2.05, 4.69) is 0 Å². The van der Waals surface area contributed by atoms with Gasteiger partial charge in [0.2, 0.25) is 0 Å². The van der Waals surface area contributed by atoms with Crippen molar-refractivity contribution >= 4 is 22.9 Å². The zero-order valence-electron chi connectivity index (χ0n) is 9.36. The molecule has 88 valence electrons. The first kappa shape index (κ1) is 11.1. The van der Waals surface area contributed by atoms with Gasteiger partial charge in [0.05, 0.1) is 5.02 Å². The summed E-state index contributed by atoms with van der Waals surface area (Å²) >= 11 is 7.83. The standard InChI is InChI=1S/C13H18ClNS/c14-11-3-4-16-13(11)12(15)7-10-6-8-1-2-9(10)5-8/h3-4,8-10,12H,1-2,5-7,15H2. The Morgan fingerprint density at radius 3 is 2.88 bits per heavy atom. The number of nitrogens with two attached hydrogens (primary N) is 1. The van der Waals surface area contributed by atoms with Crippen molar-refractivity contribution in [1.29, 1.82) is 0 Å². The molecular weight excluding hydrogens is 238 g/mol. The van der Waals surface area contributed by atoms with Crippen molar-refractivity contribution in [2.75, 3.05) is 0 Å². The van der Waals surface area contributed by atoms with Crippen molar-refractivity contribution in [2.45, 2.75) is 38.1 Å². The molecule has 1 nitrogen and oxygen atoms in total. The molecule has 0 aliphatic heterocycles. The lowest BCUT2D eigenvalue weighted by atomic mass is 9.84. The molecule has 2 bridgehead atoms. The highest BCUT2D eigenvalue weighted by atomic mass is 35.5. The molecule has 16 heavy (non-hydrogen) atoms. The number of rotatable bonds is 3. The molecule has 2 aliphatic rings. The lowest BCUT2D eigenvalue weighted by molar-refractivity contribution is 0.297. The number of fused-ring (bicyclic) bond motifs is 2. The van der Waals surface area contributed by atoms with Crippen molar-refractivity contribution in [2.24, 2.45) is 23.5 Å².